The minimum atomic E-state index is -3.27. The Morgan fingerprint density at radius 3 is 1.07 bits per heavy atom. The third kappa shape index (κ3) is 7.06. The molecule has 0 aliphatic carbocycles. The van der Waals surface area contributed by atoms with Gasteiger partial charge in [0.25, 0.3) is 0 Å². The number of halogens is 4. The summed E-state index contributed by atoms with van der Waals surface area (Å²) in [4.78, 5) is 4.40. The van der Waals surface area contributed by atoms with Gasteiger partial charge in [-0.25, -0.2) is 9.13 Å². The molecule has 2 aromatic heterocycles. The van der Waals surface area contributed by atoms with Crippen molar-refractivity contribution in [1.29, 1.82) is 0 Å². The quantitative estimate of drug-likeness (QED) is 0.0817. The maximum absolute atomic E-state index is 16.5. The van der Waals surface area contributed by atoms with Crippen molar-refractivity contribution in [2.24, 2.45) is 0 Å². The molecule has 0 atom stereocenters. The van der Waals surface area contributed by atoms with E-state index < -0.39 is 12.3 Å². The molecular formula is C64H54F4N6+2. The maximum Gasteiger partial charge on any atom is 0.565 e. The number of benzene rings is 6. The molecule has 10 heteroatoms. The van der Waals surface area contributed by atoms with Crippen LogP contribution in [0.2, 0.25) is 0 Å². The molecule has 6 heterocycles. The van der Waals surface area contributed by atoms with E-state index in [-0.39, 0.29) is 0 Å². The van der Waals surface area contributed by atoms with Crippen molar-refractivity contribution in [2.45, 2.75) is 67.7 Å². The summed E-state index contributed by atoms with van der Waals surface area (Å²) < 4.78 is 70.7. The van der Waals surface area contributed by atoms with Crippen molar-refractivity contribution in [3.05, 3.63) is 250 Å². The van der Waals surface area contributed by atoms with Gasteiger partial charge in [-0.2, -0.15) is 0 Å². The highest BCUT2D eigenvalue weighted by Gasteiger charge is 2.59. The van der Waals surface area contributed by atoms with Crippen LogP contribution in [-0.2, 0) is 12.3 Å². The van der Waals surface area contributed by atoms with Gasteiger partial charge < -0.3 is 9.80 Å². The second-order valence-corrected chi connectivity index (χ2v) is 19.9. The summed E-state index contributed by atoms with van der Waals surface area (Å²) in [7, 11) is 0. The molecule has 4 aliphatic rings. The first-order chi connectivity index (χ1) is 35.5. The normalized spacial score (nSPS) is 16.3. The van der Waals surface area contributed by atoms with Crippen LogP contribution in [0.5, 0.6) is 0 Å². The van der Waals surface area contributed by atoms with Crippen LogP contribution in [0.25, 0.3) is 22.3 Å². The van der Waals surface area contributed by atoms with Gasteiger partial charge in [-0.05, 0) is 160 Å². The Morgan fingerprint density at radius 2 is 0.703 bits per heavy atom. The van der Waals surface area contributed by atoms with Gasteiger partial charge in [-0.3, -0.25) is 0 Å². The highest BCUT2D eigenvalue weighted by molar-refractivity contribution is 5.98. The van der Waals surface area contributed by atoms with Crippen LogP contribution >= 0.6 is 0 Å². The molecule has 6 nitrogen and oxygen atoms in total. The minimum absolute atomic E-state index is 0.502. The van der Waals surface area contributed by atoms with Crippen molar-refractivity contribution in [1.82, 2.24) is 9.13 Å². The van der Waals surface area contributed by atoms with Crippen LogP contribution < -0.4 is 9.80 Å². The zero-order valence-corrected chi connectivity index (χ0v) is 42.5. The fraction of sp³-hybridized carbons (Fsp3) is 0.156. The van der Waals surface area contributed by atoms with E-state index in [0.717, 1.165) is 89.8 Å². The number of alkyl halides is 4. The molecular weight excluding hydrogens is 929 g/mol. The van der Waals surface area contributed by atoms with Crippen LogP contribution in [0.1, 0.15) is 72.7 Å². The lowest BCUT2D eigenvalue weighted by molar-refractivity contribution is -0.676. The molecule has 0 saturated carbocycles. The van der Waals surface area contributed by atoms with E-state index in [0.29, 0.717) is 45.6 Å². The first-order valence-corrected chi connectivity index (χ1v) is 24.9. The predicted molar refractivity (Wildman–Crippen MR) is 291 cm³/mol. The van der Waals surface area contributed by atoms with E-state index in [4.69, 9.17) is 0 Å². The van der Waals surface area contributed by atoms with E-state index >= 15 is 17.6 Å². The van der Waals surface area contributed by atoms with Crippen molar-refractivity contribution in [2.75, 3.05) is 9.80 Å². The van der Waals surface area contributed by atoms with E-state index in [9.17, 15) is 0 Å². The SMILES string of the molecule is CC1=CC(C)=[N+]2C1=C(c1cccc(N(c3ccccc3)c3ccc(-c4ccc(N(c5ccccc5)c5cccc(C6=C7C(C)=CC(C)=[N+]7C(F)(F)n7c(C)cc(C)c76)c5)cc4)cc3)c1)c1c(C)cc(C)n1C2(F)F. The molecule has 0 spiro atoms. The Bertz CT molecular complexity index is 3590. The van der Waals surface area contributed by atoms with Crippen molar-refractivity contribution < 1.29 is 26.7 Å². The van der Waals surface area contributed by atoms with E-state index in [1.165, 1.54) is 18.3 Å². The molecule has 8 aromatic rings. The highest BCUT2D eigenvalue weighted by Crippen LogP contribution is 2.50. The molecule has 366 valence electrons. The molecule has 0 saturated heterocycles. The summed E-state index contributed by atoms with van der Waals surface area (Å²) in [5.74, 6) is 0. The molecule has 0 amide bonds. The first kappa shape index (κ1) is 46.6. The number of allylic oxidation sites excluding steroid dienone is 4. The number of anilines is 6. The van der Waals surface area contributed by atoms with E-state index in [1.54, 1.807) is 27.7 Å². The Balaban J connectivity index is 0.903. The molecule has 0 fully saturated rings. The van der Waals surface area contributed by atoms with Gasteiger partial charge in [0.05, 0.1) is 22.5 Å². The number of nitrogens with zero attached hydrogens (tertiary/aromatic N) is 6. The molecule has 0 radical (unpaired) electrons. The number of hydrogen-bond donors (Lipinski definition) is 0. The van der Waals surface area contributed by atoms with Gasteiger partial charge in [-0.15, -0.1) is 26.7 Å². The number of para-hydroxylation sites is 2. The van der Waals surface area contributed by atoms with Gasteiger partial charge in [0.1, 0.15) is 0 Å². The second-order valence-electron chi connectivity index (χ2n) is 19.9. The number of rotatable bonds is 9. The fourth-order valence-corrected chi connectivity index (χ4v) is 12.0. The largest absolute Gasteiger partial charge is 0.565 e. The number of aryl methyl sites for hydroxylation is 4. The van der Waals surface area contributed by atoms with E-state index in [2.05, 4.69) is 107 Å². The smallest absolute Gasteiger partial charge is 0.310 e. The average molecular weight is 983 g/mol. The summed E-state index contributed by atoms with van der Waals surface area (Å²) in [5, 5.41) is 0. The molecule has 0 bridgehead atoms. The standard InChI is InChI=1S/C64H54F4N6/c1-39-33-43(5)71-59(39)57(60-40(2)34-44(6)72(60)63(71,65)66)49-17-15-23-55(37-49)69(51-19-11-9-12-20-51)53-29-25-47(26-30-53)48-27-31-54(32-28-48)70(52-21-13-10-14-22-52)56-24-16-18-50(38-56)58-61-41(3)35-45(7)73(61)64(67,68)74-46(8)36-42(4)62(58)74/h9-38H,1-8H3/q+2. The fourth-order valence-electron chi connectivity index (χ4n) is 12.0. The zero-order chi connectivity index (χ0) is 51.5. The molecule has 6 aromatic carbocycles. The van der Waals surface area contributed by atoms with Gasteiger partial charge in [-0.1, -0.05) is 84.9 Å². The third-order valence-corrected chi connectivity index (χ3v) is 14.9. The van der Waals surface area contributed by atoms with Crippen LogP contribution in [0.4, 0.5) is 51.7 Å². The molecule has 74 heavy (non-hydrogen) atoms. The summed E-state index contributed by atoms with van der Waals surface area (Å²) in [6.45, 7) is 14.6. The number of aromatic nitrogens is 2. The molecule has 0 N–H and O–H groups in total. The molecule has 12 rings (SSSR count). The van der Waals surface area contributed by atoms with Gasteiger partial charge >= 0.3 is 12.3 Å². The maximum atomic E-state index is 16.5. The van der Waals surface area contributed by atoms with Crippen molar-refractivity contribution in [3.63, 3.8) is 0 Å². The van der Waals surface area contributed by atoms with Gasteiger partial charge in [0.2, 0.25) is 11.4 Å². The van der Waals surface area contributed by atoms with Crippen LogP contribution in [0, 0.1) is 27.7 Å². The van der Waals surface area contributed by atoms with Crippen molar-refractivity contribution >= 4 is 56.7 Å². The summed E-state index contributed by atoms with van der Waals surface area (Å²) >= 11 is 0. The third-order valence-electron chi connectivity index (χ3n) is 14.9. The zero-order valence-electron chi connectivity index (χ0n) is 42.5. The van der Waals surface area contributed by atoms with Gasteiger partial charge in [0, 0.05) is 82.7 Å². The Kier molecular flexibility index (Phi) is 10.7. The molecule has 0 unspecified atom stereocenters. The number of fused-ring (bicyclic) bond motifs is 4. The average Bonchev–Trinajstić information content (AvgIpc) is 4.09. The van der Waals surface area contributed by atoms with Crippen LogP contribution in [-0.4, -0.2) is 29.7 Å². The summed E-state index contributed by atoms with van der Waals surface area (Å²) in [5.41, 5.74) is 18.1. The summed E-state index contributed by atoms with van der Waals surface area (Å²) in [6.07, 6.45) is -2.85. The topological polar surface area (TPSA) is 22.4 Å². The van der Waals surface area contributed by atoms with Crippen molar-refractivity contribution in [3.8, 4) is 11.1 Å². The number of hydrogen-bond acceptors (Lipinski definition) is 2. The molecule has 4 aliphatic heterocycles. The Morgan fingerprint density at radius 1 is 0.365 bits per heavy atom. The Hall–Kier alpha value is -8.50. The van der Waals surface area contributed by atoms with Crippen LogP contribution in [0.15, 0.2) is 205 Å². The lowest BCUT2D eigenvalue weighted by Gasteiger charge is -2.29. The second kappa shape index (κ2) is 17.1. The lowest BCUT2D eigenvalue weighted by Crippen LogP contribution is -2.42. The first-order valence-electron chi connectivity index (χ1n) is 24.9. The highest BCUT2D eigenvalue weighted by atomic mass is 19.3. The minimum Gasteiger partial charge on any atom is -0.310 e. The van der Waals surface area contributed by atoms with Crippen LogP contribution in [0.3, 0.4) is 0 Å². The van der Waals surface area contributed by atoms with E-state index in [1.807, 2.05) is 113 Å². The lowest BCUT2D eigenvalue weighted by atomic mass is 9.93. The predicted octanol–water partition coefficient (Wildman–Crippen LogP) is 16.6. The Labute approximate surface area is 429 Å². The summed E-state index contributed by atoms with van der Waals surface area (Å²) in [6, 6.07) is 57.4. The van der Waals surface area contributed by atoms with Gasteiger partial charge in [0.15, 0.2) is 11.4 Å². The monoisotopic (exact) mass is 982 g/mol.